The third kappa shape index (κ3) is 3.39. The van der Waals surface area contributed by atoms with Gasteiger partial charge in [0, 0.05) is 6.08 Å². The maximum atomic E-state index is 10.3. The van der Waals surface area contributed by atoms with Crippen molar-refractivity contribution < 1.29 is 34.8 Å². The second-order valence-electron chi connectivity index (χ2n) is 2.04. The fourth-order valence-corrected chi connectivity index (χ4v) is 0.521. The SMILES string of the molecule is O=C(O)/C=C/C(C(=O)O)=C(\O)C(=O)O. The third-order valence-corrected chi connectivity index (χ3v) is 1.08. The van der Waals surface area contributed by atoms with Crippen molar-refractivity contribution in [1.29, 1.82) is 0 Å². The summed E-state index contributed by atoms with van der Waals surface area (Å²) in [7, 11) is 0. The van der Waals surface area contributed by atoms with Crippen molar-refractivity contribution in [2.45, 2.75) is 0 Å². The van der Waals surface area contributed by atoms with Gasteiger partial charge in [0.2, 0.25) is 5.76 Å². The molecule has 0 aromatic carbocycles. The molecule has 76 valence electrons. The van der Waals surface area contributed by atoms with E-state index in [0.717, 1.165) is 0 Å². The lowest BCUT2D eigenvalue weighted by Crippen LogP contribution is -2.09. The van der Waals surface area contributed by atoms with Crippen LogP contribution in [0, 0.1) is 0 Å². The topological polar surface area (TPSA) is 132 Å². The molecule has 0 fully saturated rings. The zero-order valence-electron chi connectivity index (χ0n) is 6.67. The quantitative estimate of drug-likeness (QED) is 0.277. The average Bonchev–Trinajstić information content (AvgIpc) is 2.02. The summed E-state index contributed by atoms with van der Waals surface area (Å²) in [5.74, 6) is -6.46. The Hall–Kier alpha value is -2.31. The normalized spacial score (nSPS) is 12.3. The standard InChI is InChI=1S/C7H6O7/c8-4(9)2-1-3(6(11)12)5(10)7(13)14/h1-2,10H,(H,8,9)(H,11,12)(H,13,14)/b2-1+,5-3+. The third-order valence-electron chi connectivity index (χ3n) is 1.08. The number of carboxylic acids is 3. The monoisotopic (exact) mass is 202 g/mol. The number of hydrogen-bond donors (Lipinski definition) is 4. The molecule has 0 saturated heterocycles. The van der Waals surface area contributed by atoms with E-state index >= 15 is 0 Å². The van der Waals surface area contributed by atoms with Gasteiger partial charge >= 0.3 is 17.9 Å². The van der Waals surface area contributed by atoms with E-state index in [4.69, 9.17) is 20.4 Å². The zero-order chi connectivity index (χ0) is 11.3. The van der Waals surface area contributed by atoms with Crippen LogP contribution in [0.15, 0.2) is 23.5 Å². The summed E-state index contributed by atoms with van der Waals surface area (Å²) in [6.45, 7) is 0. The molecule has 0 aliphatic rings. The van der Waals surface area contributed by atoms with E-state index in [2.05, 4.69) is 0 Å². The van der Waals surface area contributed by atoms with Gasteiger partial charge in [0.15, 0.2) is 0 Å². The summed E-state index contributed by atoms with van der Waals surface area (Å²) in [4.78, 5) is 30.5. The van der Waals surface area contributed by atoms with Crippen LogP contribution in [-0.2, 0) is 14.4 Å². The van der Waals surface area contributed by atoms with Crippen LogP contribution >= 0.6 is 0 Å². The number of carbonyl (C=O) groups is 3. The van der Waals surface area contributed by atoms with Gasteiger partial charge in [0.05, 0.1) is 0 Å². The van der Waals surface area contributed by atoms with Crippen molar-refractivity contribution in [2.24, 2.45) is 0 Å². The minimum atomic E-state index is -1.85. The van der Waals surface area contributed by atoms with Crippen molar-refractivity contribution in [3.8, 4) is 0 Å². The lowest BCUT2D eigenvalue weighted by Gasteiger charge is -1.96. The lowest BCUT2D eigenvalue weighted by atomic mass is 10.2. The van der Waals surface area contributed by atoms with Gasteiger partial charge in [-0.2, -0.15) is 0 Å². The molecule has 0 aliphatic carbocycles. The summed E-state index contributed by atoms with van der Waals surface area (Å²) >= 11 is 0. The fraction of sp³-hybridized carbons (Fsp3) is 0. The van der Waals surface area contributed by atoms with E-state index in [1.54, 1.807) is 0 Å². The summed E-state index contributed by atoms with van der Waals surface area (Å²) in [6.07, 6.45) is 0.886. The van der Waals surface area contributed by atoms with Crippen LogP contribution < -0.4 is 0 Å². The van der Waals surface area contributed by atoms with Gasteiger partial charge in [0.25, 0.3) is 0 Å². The highest BCUT2D eigenvalue weighted by Gasteiger charge is 2.16. The Bertz CT molecular complexity index is 336. The van der Waals surface area contributed by atoms with Crippen molar-refractivity contribution in [3.63, 3.8) is 0 Å². The van der Waals surface area contributed by atoms with Crippen molar-refractivity contribution in [1.82, 2.24) is 0 Å². The number of carboxylic acid groups (broad SMARTS) is 3. The van der Waals surface area contributed by atoms with E-state index in [0.29, 0.717) is 12.2 Å². The van der Waals surface area contributed by atoms with Gasteiger partial charge in [-0.05, 0) is 6.08 Å². The van der Waals surface area contributed by atoms with Crippen molar-refractivity contribution in [3.05, 3.63) is 23.5 Å². The van der Waals surface area contributed by atoms with Crippen molar-refractivity contribution >= 4 is 17.9 Å². The Labute approximate surface area is 77.2 Å². The Balaban J connectivity index is 5.16. The molecule has 0 spiro atoms. The molecule has 0 aromatic heterocycles. The molecule has 0 heterocycles. The van der Waals surface area contributed by atoms with Crippen LogP contribution in [0.25, 0.3) is 0 Å². The van der Waals surface area contributed by atoms with Gasteiger partial charge in [-0.15, -0.1) is 0 Å². The predicted molar refractivity (Wildman–Crippen MR) is 41.7 cm³/mol. The molecule has 0 amide bonds. The Kier molecular flexibility index (Phi) is 3.88. The Morgan fingerprint density at radius 1 is 0.786 bits per heavy atom. The summed E-state index contributed by atoms with van der Waals surface area (Å²) < 4.78 is 0. The van der Waals surface area contributed by atoms with E-state index in [1.165, 1.54) is 0 Å². The minimum absolute atomic E-state index is 0.405. The first-order valence-corrected chi connectivity index (χ1v) is 3.17. The molecule has 7 nitrogen and oxygen atoms in total. The van der Waals surface area contributed by atoms with E-state index in [-0.39, 0.29) is 0 Å². The maximum absolute atomic E-state index is 10.3. The van der Waals surface area contributed by atoms with Crippen LogP contribution in [0.1, 0.15) is 0 Å². The number of hydrogen-bond acceptors (Lipinski definition) is 4. The molecule has 0 rings (SSSR count). The molecule has 7 heteroatoms. The first-order chi connectivity index (χ1) is 6.36. The van der Waals surface area contributed by atoms with Crippen LogP contribution in [0.5, 0.6) is 0 Å². The lowest BCUT2D eigenvalue weighted by molar-refractivity contribution is -0.138. The molecule has 0 saturated carbocycles. The van der Waals surface area contributed by atoms with Gasteiger partial charge in [-0.1, -0.05) is 0 Å². The summed E-state index contributed by atoms with van der Waals surface area (Å²) in [5.41, 5.74) is -1.00. The first kappa shape index (κ1) is 11.7. The number of aliphatic hydroxyl groups excluding tert-OH is 1. The number of rotatable bonds is 4. The maximum Gasteiger partial charge on any atom is 0.371 e. The number of aliphatic carboxylic acids is 3. The summed E-state index contributed by atoms with van der Waals surface area (Å²) in [5, 5.41) is 33.5. The van der Waals surface area contributed by atoms with Gasteiger partial charge < -0.3 is 20.4 Å². The van der Waals surface area contributed by atoms with E-state index in [1.807, 2.05) is 0 Å². The highest BCUT2D eigenvalue weighted by Crippen LogP contribution is 2.04. The van der Waals surface area contributed by atoms with E-state index < -0.39 is 29.2 Å². The highest BCUT2D eigenvalue weighted by molar-refractivity contribution is 6.00. The molecule has 0 radical (unpaired) electrons. The average molecular weight is 202 g/mol. The van der Waals surface area contributed by atoms with Gasteiger partial charge in [-0.3, -0.25) is 0 Å². The molecule has 0 aliphatic heterocycles. The second-order valence-corrected chi connectivity index (χ2v) is 2.04. The van der Waals surface area contributed by atoms with E-state index in [9.17, 15) is 14.4 Å². The molecular weight excluding hydrogens is 196 g/mol. The molecule has 0 atom stereocenters. The number of aliphatic hydroxyl groups is 1. The first-order valence-electron chi connectivity index (χ1n) is 3.17. The largest absolute Gasteiger partial charge is 0.501 e. The minimum Gasteiger partial charge on any atom is -0.501 e. The zero-order valence-corrected chi connectivity index (χ0v) is 6.67. The van der Waals surface area contributed by atoms with Gasteiger partial charge in [-0.25, -0.2) is 14.4 Å². The van der Waals surface area contributed by atoms with Gasteiger partial charge in [0.1, 0.15) is 5.57 Å². The highest BCUT2D eigenvalue weighted by atomic mass is 16.4. The van der Waals surface area contributed by atoms with Crippen molar-refractivity contribution in [2.75, 3.05) is 0 Å². The van der Waals surface area contributed by atoms with Crippen LogP contribution in [0.3, 0.4) is 0 Å². The summed E-state index contributed by atoms with van der Waals surface area (Å²) in [6, 6.07) is 0. The predicted octanol–water partition coefficient (Wildman–Crippen LogP) is -0.391. The molecular formula is C7H6O7. The smallest absolute Gasteiger partial charge is 0.371 e. The molecule has 14 heavy (non-hydrogen) atoms. The van der Waals surface area contributed by atoms with Crippen LogP contribution in [0.2, 0.25) is 0 Å². The fourth-order valence-electron chi connectivity index (χ4n) is 0.521. The Morgan fingerprint density at radius 3 is 1.57 bits per heavy atom. The van der Waals surface area contributed by atoms with Crippen LogP contribution in [0.4, 0.5) is 0 Å². The molecule has 0 aromatic rings. The molecule has 4 N–H and O–H groups in total. The van der Waals surface area contributed by atoms with Crippen LogP contribution in [-0.4, -0.2) is 38.3 Å². The Morgan fingerprint density at radius 2 is 1.29 bits per heavy atom. The molecule has 0 bridgehead atoms. The molecule has 0 unspecified atom stereocenters. The second kappa shape index (κ2) is 4.65.